The van der Waals surface area contributed by atoms with Gasteiger partial charge in [-0.05, 0) is 32.9 Å². The quantitative estimate of drug-likeness (QED) is 0.118. The molecule has 0 amide bonds. The van der Waals surface area contributed by atoms with Crippen LogP contribution in [0.2, 0.25) is 0 Å². The Morgan fingerprint density at radius 3 is 1.06 bits per heavy atom. The fraction of sp³-hybridized carbons (Fsp3) is 1.00. The molecule has 0 aromatic rings. The molecule has 0 aromatic heterocycles. The molecule has 1 heteroatoms. The second-order valence-corrected chi connectivity index (χ2v) is 11.2. The molecule has 0 fully saturated rings. The zero-order valence-electron chi connectivity index (χ0n) is 23.6. The van der Waals surface area contributed by atoms with Gasteiger partial charge in [-0.1, -0.05) is 162 Å². The molecule has 2 atom stereocenters. The summed E-state index contributed by atoms with van der Waals surface area (Å²) in [6, 6.07) is 0.813. The molecule has 0 aliphatic carbocycles. The molecule has 32 heavy (non-hydrogen) atoms. The maximum atomic E-state index is 2.50. The molecular weight excluding hydrogens is 386 g/mol. The highest BCUT2D eigenvalue weighted by molar-refractivity contribution is 4.67. The van der Waals surface area contributed by atoms with E-state index in [-0.39, 0.29) is 0 Å². The Kier molecular flexibility index (Phi) is 25.5. The lowest BCUT2D eigenvalue weighted by Crippen LogP contribution is -2.27. The monoisotopic (exact) mass is 452 g/mol. The van der Waals surface area contributed by atoms with Gasteiger partial charge in [0.05, 0.1) is 0 Å². The van der Waals surface area contributed by atoms with Gasteiger partial charge in [-0.3, -0.25) is 0 Å². The minimum Gasteiger partial charge on any atom is -0.306 e. The van der Waals surface area contributed by atoms with Gasteiger partial charge in [-0.2, -0.15) is 0 Å². The number of hydrogen-bond donors (Lipinski definition) is 0. The first-order valence-corrected chi connectivity index (χ1v) is 15.3. The highest BCUT2D eigenvalue weighted by Crippen LogP contribution is 2.21. The summed E-state index contributed by atoms with van der Waals surface area (Å²) in [6.07, 6.45) is 34.7. The van der Waals surface area contributed by atoms with Crippen molar-refractivity contribution in [3.05, 3.63) is 0 Å². The Hall–Kier alpha value is -0.0400. The largest absolute Gasteiger partial charge is 0.306 e. The maximum absolute atomic E-state index is 2.50. The molecule has 0 spiro atoms. The average Bonchev–Trinajstić information content (AvgIpc) is 2.78. The summed E-state index contributed by atoms with van der Waals surface area (Å²) < 4.78 is 0. The minimum atomic E-state index is 0.813. The van der Waals surface area contributed by atoms with Crippen LogP contribution in [0.3, 0.4) is 0 Å². The Bertz CT molecular complexity index is 337. The third-order valence-electron chi connectivity index (χ3n) is 7.66. The van der Waals surface area contributed by atoms with Gasteiger partial charge in [-0.25, -0.2) is 0 Å². The van der Waals surface area contributed by atoms with E-state index in [1.807, 2.05) is 0 Å². The Morgan fingerprint density at radius 2 is 0.688 bits per heavy atom. The predicted molar refractivity (Wildman–Crippen MR) is 149 cm³/mol. The first-order valence-electron chi connectivity index (χ1n) is 15.3. The lowest BCUT2D eigenvalue weighted by molar-refractivity contribution is 0.249. The van der Waals surface area contributed by atoms with E-state index >= 15 is 0 Å². The van der Waals surface area contributed by atoms with Crippen LogP contribution in [0.1, 0.15) is 175 Å². The highest BCUT2D eigenvalue weighted by Gasteiger charge is 2.11. The van der Waals surface area contributed by atoms with Gasteiger partial charge >= 0.3 is 0 Å². The van der Waals surface area contributed by atoms with Gasteiger partial charge in [0.15, 0.2) is 0 Å². The van der Waals surface area contributed by atoms with Gasteiger partial charge in [0.1, 0.15) is 0 Å². The molecule has 1 nitrogen and oxygen atoms in total. The summed E-state index contributed by atoms with van der Waals surface area (Å²) in [5, 5.41) is 0. The normalized spacial score (nSPS) is 13.7. The van der Waals surface area contributed by atoms with Crippen molar-refractivity contribution in [1.82, 2.24) is 4.90 Å². The van der Waals surface area contributed by atoms with Crippen molar-refractivity contribution in [3.63, 3.8) is 0 Å². The molecule has 0 saturated heterocycles. The SMILES string of the molecule is CCCCCCCCCCCCCC(C)CCCCC(CCCCCCCCC)N(C)C. The lowest BCUT2D eigenvalue weighted by Gasteiger charge is -2.24. The van der Waals surface area contributed by atoms with Crippen molar-refractivity contribution in [3.8, 4) is 0 Å². The Morgan fingerprint density at radius 1 is 0.406 bits per heavy atom. The second kappa shape index (κ2) is 25.6. The van der Waals surface area contributed by atoms with Crippen LogP contribution in [0.4, 0.5) is 0 Å². The van der Waals surface area contributed by atoms with Gasteiger partial charge < -0.3 is 4.90 Å². The molecular formula is C31H65N. The second-order valence-electron chi connectivity index (χ2n) is 11.2. The van der Waals surface area contributed by atoms with Gasteiger partial charge in [-0.15, -0.1) is 0 Å². The summed E-state index contributed by atoms with van der Waals surface area (Å²) in [7, 11) is 4.59. The van der Waals surface area contributed by atoms with Crippen LogP contribution in [-0.4, -0.2) is 25.0 Å². The zero-order valence-corrected chi connectivity index (χ0v) is 23.6. The molecule has 0 heterocycles. The van der Waals surface area contributed by atoms with E-state index in [2.05, 4.69) is 39.8 Å². The molecule has 0 aliphatic rings. The third-order valence-corrected chi connectivity index (χ3v) is 7.66. The van der Waals surface area contributed by atoms with E-state index in [0.717, 1.165) is 12.0 Å². The topological polar surface area (TPSA) is 3.24 Å². The number of nitrogens with zero attached hydrogens (tertiary/aromatic N) is 1. The number of unbranched alkanes of at least 4 members (excludes halogenated alkanes) is 17. The van der Waals surface area contributed by atoms with Crippen LogP contribution in [0, 0.1) is 5.92 Å². The molecule has 0 rings (SSSR count). The van der Waals surface area contributed by atoms with E-state index in [9.17, 15) is 0 Å². The smallest absolute Gasteiger partial charge is 0.00891 e. The van der Waals surface area contributed by atoms with Crippen molar-refractivity contribution in [2.75, 3.05) is 14.1 Å². The summed E-state index contributed by atoms with van der Waals surface area (Å²) in [5.41, 5.74) is 0. The molecule has 0 aromatic carbocycles. The standard InChI is InChI=1S/C31H65N/c1-6-8-10-12-14-15-16-17-19-20-22-26-30(3)27-24-25-29-31(32(4)5)28-23-21-18-13-11-9-7-2/h30-31H,6-29H2,1-5H3. The van der Waals surface area contributed by atoms with E-state index in [0.29, 0.717) is 0 Å². The van der Waals surface area contributed by atoms with E-state index in [4.69, 9.17) is 0 Å². The van der Waals surface area contributed by atoms with Crippen molar-refractivity contribution in [2.24, 2.45) is 5.92 Å². The van der Waals surface area contributed by atoms with Crippen molar-refractivity contribution >= 4 is 0 Å². The maximum Gasteiger partial charge on any atom is 0.00891 e. The van der Waals surface area contributed by atoms with Crippen LogP contribution in [0.5, 0.6) is 0 Å². The fourth-order valence-electron chi connectivity index (χ4n) is 5.17. The summed E-state index contributed by atoms with van der Waals surface area (Å²) in [5.74, 6) is 0.939. The Labute approximate surface area is 205 Å². The van der Waals surface area contributed by atoms with Crippen LogP contribution < -0.4 is 0 Å². The first kappa shape index (κ1) is 32.0. The molecule has 0 N–H and O–H groups in total. The van der Waals surface area contributed by atoms with E-state index in [1.165, 1.54) is 154 Å². The van der Waals surface area contributed by atoms with Crippen molar-refractivity contribution in [1.29, 1.82) is 0 Å². The van der Waals surface area contributed by atoms with Gasteiger partial charge in [0, 0.05) is 6.04 Å². The zero-order chi connectivity index (χ0) is 23.7. The molecule has 2 unspecified atom stereocenters. The van der Waals surface area contributed by atoms with E-state index in [1.54, 1.807) is 0 Å². The number of rotatable bonds is 26. The van der Waals surface area contributed by atoms with Crippen LogP contribution in [0.25, 0.3) is 0 Å². The molecule has 0 saturated carbocycles. The molecule has 194 valence electrons. The summed E-state index contributed by atoms with van der Waals surface area (Å²) in [4.78, 5) is 2.49. The average molecular weight is 452 g/mol. The van der Waals surface area contributed by atoms with Gasteiger partial charge in [0.25, 0.3) is 0 Å². The summed E-state index contributed by atoms with van der Waals surface area (Å²) in [6.45, 7) is 7.11. The van der Waals surface area contributed by atoms with Crippen LogP contribution >= 0.6 is 0 Å². The lowest BCUT2D eigenvalue weighted by atomic mass is 9.94. The van der Waals surface area contributed by atoms with Crippen molar-refractivity contribution < 1.29 is 0 Å². The van der Waals surface area contributed by atoms with Crippen molar-refractivity contribution in [2.45, 2.75) is 181 Å². The van der Waals surface area contributed by atoms with Crippen LogP contribution in [0.15, 0.2) is 0 Å². The first-order chi connectivity index (χ1) is 15.6. The molecule has 0 radical (unpaired) electrons. The van der Waals surface area contributed by atoms with Crippen LogP contribution in [-0.2, 0) is 0 Å². The molecule has 0 bridgehead atoms. The number of hydrogen-bond acceptors (Lipinski definition) is 1. The van der Waals surface area contributed by atoms with E-state index < -0.39 is 0 Å². The van der Waals surface area contributed by atoms with Gasteiger partial charge in [0.2, 0.25) is 0 Å². The predicted octanol–water partition coefficient (Wildman–Crippen LogP) is 11.0. The summed E-state index contributed by atoms with van der Waals surface area (Å²) >= 11 is 0. The Balaban J connectivity index is 3.51. The fourth-order valence-corrected chi connectivity index (χ4v) is 5.17. The molecule has 0 aliphatic heterocycles. The third kappa shape index (κ3) is 23.1. The minimum absolute atomic E-state index is 0.813. The highest BCUT2D eigenvalue weighted by atomic mass is 15.1.